The molecule has 192 valence electrons. The molecular weight excluding hydrogens is 450 g/mol. The van der Waals surface area contributed by atoms with Gasteiger partial charge in [0.1, 0.15) is 6.10 Å². The molecule has 2 aliphatic carbocycles. The van der Waals surface area contributed by atoms with E-state index in [4.69, 9.17) is 23.7 Å². The monoisotopic (exact) mass is 493 g/mol. The predicted molar refractivity (Wildman–Crippen MR) is 136 cm³/mol. The molecule has 2 saturated carbocycles. The molecule has 2 amide bonds. The van der Waals surface area contributed by atoms with Crippen molar-refractivity contribution in [3.8, 4) is 0 Å². The Hall–Kier alpha value is -1.54. The average Bonchev–Trinajstić information content (AvgIpc) is 3.01. The number of nitrogens with zero attached hydrogens (tertiary/aromatic N) is 1. The minimum Gasteiger partial charge on any atom is -0.393 e. The van der Waals surface area contributed by atoms with Gasteiger partial charge in [0.15, 0.2) is 5.78 Å². The molecule has 8 heteroatoms. The number of hydrogen-bond acceptors (Lipinski definition) is 5. The molecule has 5 atom stereocenters. The number of rotatable bonds is 10. The third kappa shape index (κ3) is 5.48. The second kappa shape index (κ2) is 9.49. The van der Waals surface area contributed by atoms with Gasteiger partial charge in [-0.2, -0.15) is 0 Å². The number of likely N-dealkylation sites (tertiary alicyclic amines) is 1. The lowest BCUT2D eigenvalue weighted by molar-refractivity contribution is -0.144. The Balaban J connectivity index is 1.85. The van der Waals surface area contributed by atoms with Crippen LogP contribution in [0.1, 0.15) is 86.0 Å². The van der Waals surface area contributed by atoms with Crippen LogP contribution in [-0.2, 0) is 14.4 Å². The third-order valence-corrected chi connectivity index (χ3v) is 9.16. The molecule has 3 rings (SSSR count). The highest BCUT2D eigenvalue weighted by Crippen LogP contribution is 2.69. The van der Waals surface area contributed by atoms with Crippen molar-refractivity contribution >= 4 is 34.8 Å². The summed E-state index contributed by atoms with van der Waals surface area (Å²) in [5.41, 5.74) is 10.9. The summed E-state index contributed by atoms with van der Waals surface area (Å²) in [6, 6.07) is -0.561. The lowest BCUT2D eigenvalue weighted by Crippen LogP contribution is -2.48. The maximum absolute atomic E-state index is 13.9. The summed E-state index contributed by atoms with van der Waals surface area (Å²) in [6.45, 7) is 10.9. The molecule has 1 aliphatic heterocycles. The van der Waals surface area contributed by atoms with E-state index in [2.05, 4.69) is 13.8 Å². The van der Waals surface area contributed by atoms with Gasteiger partial charge in [-0.05, 0) is 41.4 Å². The number of ketones is 1. The van der Waals surface area contributed by atoms with E-state index < -0.39 is 29.9 Å². The van der Waals surface area contributed by atoms with Gasteiger partial charge in [0.2, 0.25) is 11.8 Å². The van der Waals surface area contributed by atoms with Crippen LogP contribution in [0.15, 0.2) is 0 Å². The number of thiocarbonyl (C=S) groups is 1. The Bertz CT molecular complexity index is 847. The minimum atomic E-state index is -1.35. The number of Topliss-reactive ketones (excluding diaryl/α,β-unsaturated/α-hetero) is 1. The first-order valence-electron chi connectivity index (χ1n) is 12.7. The Morgan fingerprint density at radius 2 is 1.74 bits per heavy atom. The second-order valence-electron chi connectivity index (χ2n) is 12.9. The standard InChI is InChI=1S/C26H43N3O4S/c1-24(2,3)17(11-20(27)34)23(33)29-14-26(13-25(26,4)5)12-18(29)19(30)10-16(21(31)22(28)32)9-15-7-6-8-15/h15-18,21,31H,6-14H2,1-5H3,(H2,27,34)(H2,28,32)/t16?,17-,18+,21?,26-/m1/s1. The molecule has 3 fully saturated rings. The minimum absolute atomic E-state index is 0.0566. The van der Waals surface area contributed by atoms with Gasteiger partial charge in [0, 0.05) is 31.2 Å². The Morgan fingerprint density at radius 1 is 1.15 bits per heavy atom. The Morgan fingerprint density at radius 3 is 2.15 bits per heavy atom. The molecule has 0 aromatic carbocycles. The number of aliphatic hydroxyl groups excluding tert-OH is 1. The van der Waals surface area contributed by atoms with E-state index in [0.717, 1.165) is 25.7 Å². The number of hydrogen-bond donors (Lipinski definition) is 3. The largest absolute Gasteiger partial charge is 0.393 e. The summed E-state index contributed by atoms with van der Waals surface area (Å²) in [5, 5.41) is 10.5. The van der Waals surface area contributed by atoms with Crippen molar-refractivity contribution < 1.29 is 19.5 Å². The van der Waals surface area contributed by atoms with E-state index in [0.29, 0.717) is 36.7 Å². The van der Waals surface area contributed by atoms with Gasteiger partial charge in [0.25, 0.3) is 0 Å². The fraction of sp³-hybridized carbons (Fsp3) is 0.846. The van der Waals surface area contributed by atoms with Gasteiger partial charge in [-0.3, -0.25) is 14.4 Å². The first-order valence-corrected chi connectivity index (χ1v) is 13.1. The van der Waals surface area contributed by atoms with E-state index >= 15 is 0 Å². The molecule has 0 bridgehead atoms. The van der Waals surface area contributed by atoms with E-state index in [9.17, 15) is 19.5 Å². The lowest BCUT2D eigenvalue weighted by atomic mass is 9.75. The molecule has 1 saturated heterocycles. The summed E-state index contributed by atoms with van der Waals surface area (Å²) in [5.74, 6) is -1.46. The zero-order chi connectivity index (χ0) is 25.6. The van der Waals surface area contributed by atoms with Crippen LogP contribution in [0.5, 0.6) is 0 Å². The topological polar surface area (TPSA) is 127 Å². The van der Waals surface area contributed by atoms with Crippen LogP contribution in [-0.4, -0.2) is 51.3 Å². The average molecular weight is 494 g/mol. The molecule has 2 unspecified atom stereocenters. The molecule has 1 spiro atoms. The second-order valence-corrected chi connectivity index (χ2v) is 13.5. The van der Waals surface area contributed by atoms with Crippen molar-refractivity contribution in [3.63, 3.8) is 0 Å². The van der Waals surface area contributed by atoms with Crippen LogP contribution >= 0.6 is 12.2 Å². The summed E-state index contributed by atoms with van der Waals surface area (Å²) in [4.78, 5) is 41.4. The van der Waals surface area contributed by atoms with Gasteiger partial charge >= 0.3 is 0 Å². The van der Waals surface area contributed by atoms with Gasteiger partial charge < -0.3 is 21.5 Å². The SMILES string of the molecule is CC(C)(C)[C@H](CC(N)=S)C(=O)N1C[C@@]2(C[C@H]1C(=O)CC(CC1CCC1)C(O)C(N)=O)CC2(C)C. The van der Waals surface area contributed by atoms with Crippen LogP contribution in [0.2, 0.25) is 0 Å². The Labute approximate surface area is 209 Å². The molecule has 34 heavy (non-hydrogen) atoms. The highest BCUT2D eigenvalue weighted by molar-refractivity contribution is 7.80. The summed E-state index contributed by atoms with van der Waals surface area (Å²) < 4.78 is 0. The smallest absolute Gasteiger partial charge is 0.246 e. The van der Waals surface area contributed by atoms with Crippen molar-refractivity contribution in [1.29, 1.82) is 0 Å². The first-order chi connectivity index (χ1) is 15.6. The molecule has 3 aliphatic rings. The highest BCUT2D eigenvalue weighted by Gasteiger charge is 2.67. The van der Waals surface area contributed by atoms with Crippen molar-refractivity contribution in [3.05, 3.63) is 0 Å². The number of aliphatic hydroxyl groups is 1. The van der Waals surface area contributed by atoms with Gasteiger partial charge in [-0.25, -0.2) is 0 Å². The van der Waals surface area contributed by atoms with E-state index in [1.165, 1.54) is 0 Å². The first kappa shape index (κ1) is 27.1. The number of carbonyl (C=O) groups excluding carboxylic acids is 3. The van der Waals surface area contributed by atoms with Crippen molar-refractivity contribution in [2.75, 3.05) is 6.54 Å². The molecular formula is C26H43N3O4S. The maximum Gasteiger partial charge on any atom is 0.246 e. The van der Waals surface area contributed by atoms with Gasteiger partial charge in [0.05, 0.1) is 11.0 Å². The molecule has 0 aromatic heterocycles. The van der Waals surface area contributed by atoms with Gasteiger partial charge in [-0.15, -0.1) is 0 Å². The lowest BCUT2D eigenvalue weighted by Gasteiger charge is -2.36. The number of nitrogens with two attached hydrogens (primary N) is 2. The van der Waals surface area contributed by atoms with E-state index in [1.807, 2.05) is 20.8 Å². The van der Waals surface area contributed by atoms with Crippen molar-refractivity contribution in [2.45, 2.75) is 98.1 Å². The fourth-order valence-electron chi connectivity index (χ4n) is 6.19. The normalized spacial score (nSPS) is 28.8. The summed E-state index contributed by atoms with van der Waals surface area (Å²) in [6.07, 6.45) is 4.45. The fourth-order valence-corrected chi connectivity index (χ4v) is 6.36. The van der Waals surface area contributed by atoms with Crippen LogP contribution in [0, 0.1) is 34.0 Å². The molecule has 5 N–H and O–H groups in total. The van der Waals surface area contributed by atoms with Crippen molar-refractivity contribution in [1.82, 2.24) is 4.90 Å². The zero-order valence-electron chi connectivity index (χ0n) is 21.4. The quantitative estimate of drug-likeness (QED) is 0.402. The number of carbonyl (C=O) groups is 3. The summed E-state index contributed by atoms with van der Waals surface area (Å²) >= 11 is 5.15. The Kier molecular flexibility index (Phi) is 7.55. The molecule has 7 nitrogen and oxygen atoms in total. The van der Waals surface area contributed by atoms with Gasteiger partial charge in [-0.1, -0.05) is 66.1 Å². The van der Waals surface area contributed by atoms with Crippen LogP contribution in [0.25, 0.3) is 0 Å². The van der Waals surface area contributed by atoms with Crippen LogP contribution < -0.4 is 11.5 Å². The van der Waals surface area contributed by atoms with E-state index in [1.54, 1.807) is 4.90 Å². The van der Waals surface area contributed by atoms with Crippen LogP contribution in [0.4, 0.5) is 0 Å². The predicted octanol–water partition coefficient (Wildman–Crippen LogP) is 2.95. The van der Waals surface area contributed by atoms with Crippen LogP contribution in [0.3, 0.4) is 0 Å². The molecule has 1 heterocycles. The molecule has 0 radical (unpaired) electrons. The zero-order valence-corrected chi connectivity index (χ0v) is 22.2. The highest BCUT2D eigenvalue weighted by atomic mass is 32.1. The maximum atomic E-state index is 13.9. The summed E-state index contributed by atoms with van der Waals surface area (Å²) in [7, 11) is 0. The third-order valence-electron chi connectivity index (χ3n) is 8.99. The van der Waals surface area contributed by atoms with Crippen molar-refractivity contribution in [2.24, 2.45) is 45.5 Å². The number of primary amides is 1. The van der Waals surface area contributed by atoms with E-state index in [-0.39, 0.29) is 34.4 Å². The molecule has 0 aromatic rings. The number of amides is 2.